The summed E-state index contributed by atoms with van der Waals surface area (Å²) in [5.41, 5.74) is 5.32. The number of hydrogen-bond acceptors (Lipinski definition) is 6. The van der Waals surface area contributed by atoms with E-state index in [-0.39, 0.29) is 12.0 Å². The average Bonchev–Trinajstić information content (AvgIpc) is 2.33. The SMILES string of the molecule is Nc1ncc(OC(=O)N2CCNCC2)cn1. The van der Waals surface area contributed by atoms with E-state index in [0.717, 1.165) is 13.1 Å². The summed E-state index contributed by atoms with van der Waals surface area (Å²) in [5, 5.41) is 3.15. The number of nitrogens with zero attached hydrogens (tertiary/aromatic N) is 3. The van der Waals surface area contributed by atoms with Gasteiger partial charge in [-0.05, 0) is 0 Å². The molecular formula is C9H13N5O2. The van der Waals surface area contributed by atoms with Gasteiger partial charge in [-0.25, -0.2) is 14.8 Å². The van der Waals surface area contributed by atoms with Crippen LogP contribution in [0.25, 0.3) is 0 Å². The van der Waals surface area contributed by atoms with Gasteiger partial charge in [-0.3, -0.25) is 0 Å². The molecule has 2 heterocycles. The molecule has 0 aliphatic carbocycles. The van der Waals surface area contributed by atoms with Gasteiger partial charge in [0.1, 0.15) is 0 Å². The van der Waals surface area contributed by atoms with Gasteiger partial charge in [0, 0.05) is 26.2 Å². The van der Waals surface area contributed by atoms with Gasteiger partial charge in [-0.1, -0.05) is 0 Å². The number of nitrogens with one attached hydrogen (secondary N) is 1. The Kier molecular flexibility index (Phi) is 3.16. The second-order valence-electron chi connectivity index (χ2n) is 3.38. The van der Waals surface area contributed by atoms with Crippen molar-refractivity contribution in [2.45, 2.75) is 0 Å². The molecular weight excluding hydrogens is 210 g/mol. The third-order valence-corrected chi connectivity index (χ3v) is 2.23. The van der Waals surface area contributed by atoms with Crippen molar-refractivity contribution in [1.82, 2.24) is 20.2 Å². The molecule has 0 radical (unpaired) electrons. The Balaban J connectivity index is 1.93. The minimum absolute atomic E-state index is 0.155. The summed E-state index contributed by atoms with van der Waals surface area (Å²) in [7, 11) is 0. The second-order valence-corrected chi connectivity index (χ2v) is 3.38. The molecule has 0 bridgehead atoms. The lowest BCUT2D eigenvalue weighted by Crippen LogP contribution is -2.47. The number of carbonyl (C=O) groups excluding carboxylic acids is 1. The number of hydrogen-bond donors (Lipinski definition) is 2. The maximum atomic E-state index is 11.6. The Morgan fingerprint density at radius 3 is 2.62 bits per heavy atom. The lowest BCUT2D eigenvalue weighted by Gasteiger charge is -2.26. The van der Waals surface area contributed by atoms with E-state index in [0.29, 0.717) is 18.8 Å². The number of amides is 1. The fourth-order valence-electron chi connectivity index (χ4n) is 1.39. The predicted molar refractivity (Wildman–Crippen MR) is 56.9 cm³/mol. The van der Waals surface area contributed by atoms with Crippen molar-refractivity contribution in [2.75, 3.05) is 31.9 Å². The first-order valence-corrected chi connectivity index (χ1v) is 5.01. The fraction of sp³-hybridized carbons (Fsp3) is 0.444. The minimum Gasteiger partial charge on any atom is -0.407 e. The highest BCUT2D eigenvalue weighted by molar-refractivity contribution is 5.70. The van der Waals surface area contributed by atoms with E-state index in [1.165, 1.54) is 12.4 Å². The number of anilines is 1. The van der Waals surface area contributed by atoms with E-state index in [1.54, 1.807) is 4.90 Å². The summed E-state index contributed by atoms with van der Waals surface area (Å²) in [6.07, 6.45) is 2.38. The first-order chi connectivity index (χ1) is 7.75. The molecule has 7 nitrogen and oxygen atoms in total. The van der Waals surface area contributed by atoms with E-state index in [4.69, 9.17) is 10.5 Å². The Labute approximate surface area is 92.6 Å². The van der Waals surface area contributed by atoms with Crippen LogP contribution in [-0.4, -0.2) is 47.1 Å². The molecule has 1 aliphatic rings. The molecule has 1 fully saturated rings. The topological polar surface area (TPSA) is 93.4 Å². The molecule has 7 heteroatoms. The van der Waals surface area contributed by atoms with Gasteiger partial charge in [0.2, 0.25) is 5.95 Å². The summed E-state index contributed by atoms with van der Waals surface area (Å²) in [6.45, 7) is 2.87. The number of carbonyl (C=O) groups is 1. The number of nitrogen functional groups attached to an aromatic ring is 1. The fourth-order valence-corrected chi connectivity index (χ4v) is 1.39. The molecule has 1 aliphatic heterocycles. The molecule has 0 spiro atoms. The van der Waals surface area contributed by atoms with Gasteiger partial charge in [-0.2, -0.15) is 0 Å². The molecule has 0 saturated carbocycles. The van der Waals surface area contributed by atoms with Gasteiger partial charge in [0.05, 0.1) is 12.4 Å². The van der Waals surface area contributed by atoms with Crippen LogP contribution in [0.3, 0.4) is 0 Å². The van der Waals surface area contributed by atoms with Crippen LogP contribution in [0.2, 0.25) is 0 Å². The van der Waals surface area contributed by atoms with Gasteiger partial charge in [0.15, 0.2) is 5.75 Å². The van der Waals surface area contributed by atoms with Gasteiger partial charge in [0.25, 0.3) is 0 Å². The first-order valence-electron chi connectivity index (χ1n) is 5.01. The maximum Gasteiger partial charge on any atom is 0.415 e. The Morgan fingerprint density at radius 1 is 1.38 bits per heavy atom. The predicted octanol–water partition coefficient (Wildman–Crippen LogP) is -0.537. The lowest BCUT2D eigenvalue weighted by molar-refractivity contribution is 0.145. The zero-order chi connectivity index (χ0) is 11.4. The van der Waals surface area contributed by atoms with Crippen LogP contribution < -0.4 is 15.8 Å². The van der Waals surface area contributed by atoms with E-state index in [1.807, 2.05) is 0 Å². The average molecular weight is 223 g/mol. The van der Waals surface area contributed by atoms with Gasteiger partial charge < -0.3 is 20.7 Å². The highest BCUT2D eigenvalue weighted by Gasteiger charge is 2.18. The van der Waals surface area contributed by atoms with Crippen molar-refractivity contribution in [3.63, 3.8) is 0 Å². The van der Waals surface area contributed by atoms with Crippen LogP contribution in [0, 0.1) is 0 Å². The van der Waals surface area contributed by atoms with Crippen molar-refractivity contribution < 1.29 is 9.53 Å². The Bertz CT molecular complexity index is 361. The van der Waals surface area contributed by atoms with Crippen LogP contribution in [0.1, 0.15) is 0 Å². The normalized spacial score (nSPS) is 15.9. The third kappa shape index (κ3) is 2.57. The molecule has 0 aromatic carbocycles. The molecule has 86 valence electrons. The number of aromatic nitrogens is 2. The summed E-state index contributed by atoms with van der Waals surface area (Å²) in [6, 6.07) is 0. The molecule has 16 heavy (non-hydrogen) atoms. The largest absolute Gasteiger partial charge is 0.415 e. The van der Waals surface area contributed by atoms with Crippen molar-refractivity contribution in [2.24, 2.45) is 0 Å². The van der Waals surface area contributed by atoms with Crippen LogP contribution in [-0.2, 0) is 0 Å². The van der Waals surface area contributed by atoms with Crippen LogP contribution >= 0.6 is 0 Å². The summed E-state index contributed by atoms with van der Waals surface area (Å²) >= 11 is 0. The first kappa shape index (κ1) is 10.6. The number of piperazine rings is 1. The number of ether oxygens (including phenoxy) is 1. The van der Waals surface area contributed by atoms with Crippen molar-refractivity contribution in [3.05, 3.63) is 12.4 Å². The smallest absolute Gasteiger partial charge is 0.407 e. The highest BCUT2D eigenvalue weighted by Crippen LogP contribution is 2.09. The number of rotatable bonds is 1. The van der Waals surface area contributed by atoms with Gasteiger partial charge in [-0.15, -0.1) is 0 Å². The monoisotopic (exact) mass is 223 g/mol. The highest BCUT2D eigenvalue weighted by atomic mass is 16.6. The standard InChI is InChI=1S/C9H13N5O2/c10-8-12-5-7(6-13-8)16-9(15)14-3-1-11-2-4-14/h5-6,11H,1-4H2,(H2,10,12,13). The minimum atomic E-state index is -0.380. The Hall–Kier alpha value is -1.89. The quantitative estimate of drug-likeness (QED) is 0.664. The van der Waals surface area contributed by atoms with Crippen LogP contribution in [0.5, 0.6) is 5.75 Å². The van der Waals surface area contributed by atoms with Crippen molar-refractivity contribution in [3.8, 4) is 5.75 Å². The molecule has 1 aromatic rings. The molecule has 0 atom stereocenters. The third-order valence-electron chi connectivity index (χ3n) is 2.23. The van der Waals surface area contributed by atoms with E-state index < -0.39 is 0 Å². The van der Waals surface area contributed by atoms with Crippen LogP contribution in [0.4, 0.5) is 10.7 Å². The Morgan fingerprint density at radius 2 is 2.00 bits per heavy atom. The molecule has 1 aromatic heterocycles. The molecule has 1 saturated heterocycles. The zero-order valence-electron chi connectivity index (χ0n) is 8.72. The van der Waals surface area contributed by atoms with E-state index in [2.05, 4.69) is 15.3 Å². The lowest BCUT2D eigenvalue weighted by atomic mass is 10.4. The van der Waals surface area contributed by atoms with Crippen molar-refractivity contribution in [1.29, 1.82) is 0 Å². The summed E-state index contributed by atoms with van der Waals surface area (Å²) in [5.74, 6) is 0.458. The second kappa shape index (κ2) is 4.75. The van der Waals surface area contributed by atoms with E-state index in [9.17, 15) is 4.79 Å². The molecule has 2 rings (SSSR count). The summed E-state index contributed by atoms with van der Waals surface area (Å²) < 4.78 is 5.09. The molecule has 0 unspecified atom stereocenters. The number of nitrogens with two attached hydrogens (primary N) is 1. The van der Waals surface area contributed by atoms with E-state index >= 15 is 0 Å². The maximum absolute atomic E-state index is 11.6. The zero-order valence-corrected chi connectivity index (χ0v) is 8.72. The van der Waals surface area contributed by atoms with Gasteiger partial charge >= 0.3 is 6.09 Å². The van der Waals surface area contributed by atoms with Crippen molar-refractivity contribution >= 4 is 12.0 Å². The molecule has 1 amide bonds. The summed E-state index contributed by atoms with van der Waals surface area (Å²) in [4.78, 5) is 20.7. The van der Waals surface area contributed by atoms with Crippen LogP contribution in [0.15, 0.2) is 12.4 Å². The molecule has 3 N–H and O–H groups in total.